The van der Waals surface area contributed by atoms with Crippen molar-refractivity contribution >= 4 is 40.8 Å². The number of anilines is 1. The van der Waals surface area contributed by atoms with Crippen LogP contribution in [0.15, 0.2) is 18.2 Å². The summed E-state index contributed by atoms with van der Waals surface area (Å²) in [5.41, 5.74) is 0.971. The maximum atomic E-state index is 13.0. The van der Waals surface area contributed by atoms with Crippen LogP contribution in [-0.4, -0.2) is 60.3 Å². The fraction of sp³-hybridized carbons (Fsp3) is 0.556. The van der Waals surface area contributed by atoms with Crippen molar-refractivity contribution in [3.05, 3.63) is 28.2 Å². The third kappa shape index (κ3) is 3.04. The van der Waals surface area contributed by atoms with Crippen LogP contribution in [0.2, 0.25) is 10.0 Å². The molecule has 6 nitrogen and oxygen atoms in total. The molecule has 1 aromatic rings. The summed E-state index contributed by atoms with van der Waals surface area (Å²) in [6.45, 7) is 2.45. The molecule has 3 aliphatic heterocycles. The first-order valence-corrected chi connectivity index (χ1v) is 9.58. The lowest BCUT2D eigenvalue weighted by Gasteiger charge is -2.38. The number of carbonyl (C=O) groups is 2. The van der Waals surface area contributed by atoms with Crippen LogP contribution in [0, 0.1) is 11.8 Å². The predicted octanol–water partition coefficient (Wildman–Crippen LogP) is 2.52. The summed E-state index contributed by atoms with van der Waals surface area (Å²) in [5.74, 6) is -2.28. The highest BCUT2D eigenvalue weighted by Crippen LogP contribution is 2.44. The van der Waals surface area contributed by atoms with Gasteiger partial charge in [0.05, 0.1) is 34.1 Å². The maximum absolute atomic E-state index is 13.0. The number of amides is 1. The van der Waals surface area contributed by atoms with E-state index in [4.69, 9.17) is 27.9 Å². The molecule has 3 aliphatic rings. The third-order valence-electron chi connectivity index (χ3n) is 5.70. The quantitative estimate of drug-likeness (QED) is 0.846. The van der Waals surface area contributed by atoms with Crippen molar-refractivity contribution in [1.29, 1.82) is 0 Å². The van der Waals surface area contributed by atoms with Gasteiger partial charge in [-0.25, -0.2) is 0 Å². The number of benzene rings is 1. The number of hydrogen-bond acceptors (Lipinski definition) is 4. The lowest BCUT2D eigenvalue weighted by molar-refractivity contribution is -0.151. The van der Waals surface area contributed by atoms with E-state index in [0.29, 0.717) is 36.2 Å². The number of aliphatic carboxylic acids is 1. The normalized spacial score (nSPS) is 30.7. The number of hydrogen-bond donors (Lipinski definition) is 1. The summed E-state index contributed by atoms with van der Waals surface area (Å²) in [6, 6.07) is 5.50. The van der Waals surface area contributed by atoms with Crippen molar-refractivity contribution in [1.82, 2.24) is 4.90 Å². The Morgan fingerprint density at radius 2 is 1.65 bits per heavy atom. The Morgan fingerprint density at radius 3 is 2.27 bits per heavy atom. The first-order chi connectivity index (χ1) is 12.5. The van der Waals surface area contributed by atoms with Gasteiger partial charge in [0.25, 0.3) is 0 Å². The van der Waals surface area contributed by atoms with E-state index in [-0.39, 0.29) is 18.1 Å². The molecule has 8 heteroatoms. The summed E-state index contributed by atoms with van der Waals surface area (Å²) >= 11 is 12.1. The van der Waals surface area contributed by atoms with Crippen LogP contribution in [0.3, 0.4) is 0 Å². The Kier molecular flexibility index (Phi) is 4.75. The summed E-state index contributed by atoms with van der Waals surface area (Å²) in [6.07, 6.45) is 0.940. The van der Waals surface area contributed by atoms with E-state index in [0.717, 1.165) is 18.5 Å². The van der Waals surface area contributed by atoms with Gasteiger partial charge in [-0.1, -0.05) is 23.2 Å². The number of carboxylic acids is 1. The minimum absolute atomic E-state index is 0.0848. The highest BCUT2D eigenvalue weighted by Gasteiger charge is 2.56. The summed E-state index contributed by atoms with van der Waals surface area (Å²) in [4.78, 5) is 28.5. The van der Waals surface area contributed by atoms with E-state index in [1.807, 2.05) is 12.1 Å². The lowest BCUT2D eigenvalue weighted by Crippen LogP contribution is -2.53. The van der Waals surface area contributed by atoms with Crippen molar-refractivity contribution in [2.45, 2.75) is 25.0 Å². The first kappa shape index (κ1) is 17.9. The second kappa shape index (κ2) is 6.91. The number of halogens is 2. The molecule has 1 amide bonds. The number of carboxylic acid groups (broad SMARTS) is 1. The zero-order valence-electron chi connectivity index (χ0n) is 14.1. The minimum atomic E-state index is -0.926. The van der Waals surface area contributed by atoms with Gasteiger partial charge in [-0.15, -0.1) is 0 Å². The molecule has 0 unspecified atom stereocenters. The number of ether oxygens (including phenoxy) is 1. The molecule has 2 bridgehead atoms. The van der Waals surface area contributed by atoms with Gasteiger partial charge in [-0.2, -0.15) is 0 Å². The molecular formula is C18H20Cl2N2O4. The van der Waals surface area contributed by atoms with Crippen molar-refractivity contribution < 1.29 is 19.4 Å². The minimum Gasteiger partial charge on any atom is -0.481 e. The summed E-state index contributed by atoms with van der Waals surface area (Å²) in [5, 5.41) is 10.5. The SMILES string of the molecule is O=C(O)[C@@H]1[C@H](C(=O)N2CCN(c3ccc(Cl)c(Cl)c3)CC2)[C@@H]2CC[C@@H]1O2. The first-order valence-electron chi connectivity index (χ1n) is 8.83. The van der Waals surface area contributed by atoms with Gasteiger partial charge in [-0.05, 0) is 31.0 Å². The lowest BCUT2D eigenvalue weighted by atomic mass is 9.78. The maximum Gasteiger partial charge on any atom is 0.310 e. The van der Waals surface area contributed by atoms with Crippen LogP contribution in [0.25, 0.3) is 0 Å². The largest absolute Gasteiger partial charge is 0.481 e. The average molecular weight is 399 g/mol. The van der Waals surface area contributed by atoms with Crippen molar-refractivity contribution in [2.75, 3.05) is 31.1 Å². The number of piperazine rings is 1. The Labute approximate surface area is 161 Å². The highest BCUT2D eigenvalue weighted by molar-refractivity contribution is 6.42. The van der Waals surface area contributed by atoms with Crippen LogP contribution in [0.1, 0.15) is 12.8 Å². The van der Waals surface area contributed by atoms with Crippen molar-refractivity contribution in [3.8, 4) is 0 Å². The molecule has 0 spiro atoms. The van der Waals surface area contributed by atoms with E-state index < -0.39 is 17.8 Å². The van der Waals surface area contributed by atoms with E-state index in [9.17, 15) is 14.7 Å². The van der Waals surface area contributed by atoms with Gasteiger partial charge >= 0.3 is 5.97 Å². The van der Waals surface area contributed by atoms with E-state index in [2.05, 4.69) is 4.90 Å². The molecule has 26 heavy (non-hydrogen) atoms. The average Bonchev–Trinajstić information content (AvgIpc) is 3.25. The Balaban J connectivity index is 1.42. The molecule has 0 saturated carbocycles. The second-order valence-electron chi connectivity index (χ2n) is 7.09. The standard InChI is InChI=1S/C18H20Cl2N2O4/c19-11-2-1-10(9-12(11)20)21-5-7-22(8-6-21)17(23)15-13-3-4-14(26-13)16(15)18(24)25/h1-2,9,13-16H,3-8H2,(H,24,25)/t13-,14-,15+,16-/m0/s1. The molecule has 1 aromatic carbocycles. The molecule has 3 saturated heterocycles. The monoisotopic (exact) mass is 398 g/mol. The fourth-order valence-corrected chi connectivity index (χ4v) is 4.68. The molecule has 140 valence electrons. The zero-order chi connectivity index (χ0) is 18.4. The van der Waals surface area contributed by atoms with E-state index in [1.54, 1.807) is 11.0 Å². The summed E-state index contributed by atoms with van der Waals surface area (Å²) in [7, 11) is 0. The molecule has 3 heterocycles. The van der Waals surface area contributed by atoms with Gasteiger partial charge in [0.1, 0.15) is 0 Å². The smallest absolute Gasteiger partial charge is 0.310 e. The van der Waals surface area contributed by atoms with Crippen molar-refractivity contribution in [2.24, 2.45) is 11.8 Å². The second-order valence-corrected chi connectivity index (χ2v) is 7.91. The third-order valence-corrected chi connectivity index (χ3v) is 6.44. The van der Waals surface area contributed by atoms with Crippen LogP contribution >= 0.6 is 23.2 Å². The molecule has 3 fully saturated rings. The number of rotatable bonds is 3. The Hall–Kier alpha value is -1.50. The number of carbonyl (C=O) groups excluding carboxylic acids is 1. The van der Waals surface area contributed by atoms with Crippen LogP contribution < -0.4 is 4.90 Å². The zero-order valence-corrected chi connectivity index (χ0v) is 15.6. The van der Waals surface area contributed by atoms with Crippen LogP contribution in [0.4, 0.5) is 5.69 Å². The topological polar surface area (TPSA) is 70.1 Å². The predicted molar refractivity (Wildman–Crippen MR) is 97.8 cm³/mol. The fourth-order valence-electron chi connectivity index (χ4n) is 4.38. The Morgan fingerprint density at radius 1 is 1.00 bits per heavy atom. The van der Waals surface area contributed by atoms with Gasteiger partial charge in [0.15, 0.2) is 0 Å². The van der Waals surface area contributed by atoms with Crippen LogP contribution in [-0.2, 0) is 14.3 Å². The molecule has 4 rings (SSSR count). The number of nitrogens with zero attached hydrogens (tertiary/aromatic N) is 2. The highest BCUT2D eigenvalue weighted by atomic mass is 35.5. The Bertz CT molecular complexity index is 736. The number of fused-ring (bicyclic) bond motifs is 2. The van der Waals surface area contributed by atoms with Gasteiger partial charge in [-0.3, -0.25) is 9.59 Å². The van der Waals surface area contributed by atoms with Gasteiger partial charge in [0.2, 0.25) is 5.91 Å². The molecule has 4 atom stereocenters. The molecular weight excluding hydrogens is 379 g/mol. The molecule has 0 aromatic heterocycles. The molecule has 1 N–H and O–H groups in total. The van der Waals surface area contributed by atoms with E-state index >= 15 is 0 Å². The van der Waals surface area contributed by atoms with Crippen LogP contribution in [0.5, 0.6) is 0 Å². The molecule has 0 radical (unpaired) electrons. The van der Waals surface area contributed by atoms with Gasteiger partial charge in [0, 0.05) is 31.9 Å². The molecule has 0 aliphatic carbocycles. The van der Waals surface area contributed by atoms with E-state index in [1.165, 1.54) is 0 Å². The van der Waals surface area contributed by atoms with Gasteiger partial charge < -0.3 is 19.6 Å². The van der Waals surface area contributed by atoms with Crippen molar-refractivity contribution in [3.63, 3.8) is 0 Å². The summed E-state index contributed by atoms with van der Waals surface area (Å²) < 4.78 is 5.72.